The molecule has 3 aromatic rings. The number of hydrogen-bond acceptors (Lipinski definition) is 10. The van der Waals surface area contributed by atoms with Crippen LogP contribution in [-0.4, -0.2) is 62.9 Å². The molecule has 1 amide bonds. The summed E-state index contributed by atoms with van der Waals surface area (Å²) < 4.78 is 33.9. The molecule has 11 nitrogen and oxygen atoms in total. The zero-order valence-corrected chi connectivity index (χ0v) is 26.5. The van der Waals surface area contributed by atoms with E-state index in [1.807, 2.05) is 60.7 Å². The molecule has 0 aromatic heterocycles. The summed E-state index contributed by atoms with van der Waals surface area (Å²) in [6.45, 7) is 4.47. The van der Waals surface area contributed by atoms with Crippen LogP contribution in [0.3, 0.4) is 0 Å². The van der Waals surface area contributed by atoms with Gasteiger partial charge in [0.05, 0.1) is 25.7 Å². The standard InChI is InChI=1S/C35H39NO10/c1-21(2)33(38)46-30-22(3)45-35(40)28(20-44-34(39)27(30)16-23-12-8-6-9-13-23)36-32(37)26-17-25(41-4)18-29(42-5)31(26)43-19-24-14-10-7-11-15-24/h6-15,17-18,21-22,27-28,30H,16,19-20H2,1-5H3,(H,36,37)/t22-,27+,28-,30-/m0/s1. The Hall–Kier alpha value is -5.06. The molecular formula is C35H39NO10. The van der Waals surface area contributed by atoms with Gasteiger partial charge in [0, 0.05) is 6.07 Å². The number of carbonyl (C=O) groups excluding carboxylic acids is 4. The summed E-state index contributed by atoms with van der Waals surface area (Å²) in [6, 6.07) is 20.1. The Kier molecular flexibility index (Phi) is 11.6. The molecule has 1 aliphatic rings. The van der Waals surface area contributed by atoms with Crippen molar-refractivity contribution in [3.63, 3.8) is 0 Å². The average molecular weight is 634 g/mol. The second-order valence-corrected chi connectivity index (χ2v) is 11.1. The van der Waals surface area contributed by atoms with E-state index in [0.717, 1.165) is 11.1 Å². The van der Waals surface area contributed by atoms with Gasteiger partial charge in [-0.05, 0) is 30.5 Å². The van der Waals surface area contributed by atoms with Crippen LogP contribution >= 0.6 is 0 Å². The minimum absolute atomic E-state index is 0.0184. The summed E-state index contributed by atoms with van der Waals surface area (Å²) in [7, 11) is 2.86. The van der Waals surface area contributed by atoms with E-state index in [-0.39, 0.29) is 30.1 Å². The molecule has 3 aromatic carbocycles. The van der Waals surface area contributed by atoms with Gasteiger partial charge in [-0.2, -0.15) is 0 Å². The molecule has 1 N–H and O–H groups in total. The summed E-state index contributed by atoms with van der Waals surface area (Å²) in [5.41, 5.74) is 1.67. The molecule has 0 bridgehead atoms. The first-order chi connectivity index (χ1) is 22.1. The zero-order chi connectivity index (χ0) is 33.2. The minimum atomic E-state index is -1.39. The zero-order valence-electron chi connectivity index (χ0n) is 26.5. The number of carbonyl (C=O) groups is 4. The van der Waals surface area contributed by atoms with Gasteiger partial charge >= 0.3 is 17.9 Å². The molecule has 0 unspecified atom stereocenters. The third-order valence-electron chi connectivity index (χ3n) is 7.42. The van der Waals surface area contributed by atoms with Gasteiger partial charge in [-0.25, -0.2) is 4.79 Å². The highest BCUT2D eigenvalue weighted by atomic mass is 16.6. The molecule has 46 heavy (non-hydrogen) atoms. The number of ether oxygens (including phenoxy) is 6. The van der Waals surface area contributed by atoms with Gasteiger partial charge in [0.1, 0.15) is 31.0 Å². The van der Waals surface area contributed by atoms with E-state index in [1.165, 1.54) is 27.2 Å². The number of amides is 1. The lowest BCUT2D eigenvalue weighted by atomic mass is 9.91. The Morgan fingerprint density at radius 1 is 0.913 bits per heavy atom. The van der Waals surface area contributed by atoms with Crippen molar-refractivity contribution < 1.29 is 47.6 Å². The number of rotatable bonds is 11. The lowest BCUT2D eigenvalue weighted by Crippen LogP contribution is -2.46. The van der Waals surface area contributed by atoms with Crippen molar-refractivity contribution in [2.45, 2.75) is 52.0 Å². The smallest absolute Gasteiger partial charge is 0.332 e. The van der Waals surface area contributed by atoms with Crippen LogP contribution in [0.1, 0.15) is 42.3 Å². The quantitative estimate of drug-likeness (QED) is 0.241. The fourth-order valence-electron chi connectivity index (χ4n) is 4.88. The lowest BCUT2D eigenvalue weighted by molar-refractivity contribution is -0.176. The highest BCUT2D eigenvalue weighted by molar-refractivity contribution is 6.00. The number of esters is 3. The Morgan fingerprint density at radius 3 is 2.17 bits per heavy atom. The van der Waals surface area contributed by atoms with Crippen LogP contribution < -0.4 is 19.5 Å². The number of methoxy groups -OCH3 is 2. The molecule has 0 radical (unpaired) electrons. The van der Waals surface area contributed by atoms with Gasteiger partial charge in [-0.3, -0.25) is 14.4 Å². The third-order valence-corrected chi connectivity index (χ3v) is 7.42. The van der Waals surface area contributed by atoms with Crippen LogP contribution in [-0.2, 0) is 41.6 Å². The Morgan fingerprint density at radius 2 is 1.57 bits per heavy atom. The highest BCUT2D eigenvalue weighted by Gasteiger charge is 2.42. The first-order valence-electron chi connectivity index (χ1n) is 15.0. The van der Waals surface area contributed by atoms with Crippen LogP contribution in [0.5, 0.6) is 17.2 Å². The number of cyclic esters (lactones) is 2. The van der Waals surface area contributed by atoms with Crippen LogP contribution in [0.4, 0.5) is 0 Å². The summed E-state index contributed by atoms with van der Waals surface area (Å²) in [5, 5.41) is 2.61. The molecule has 1 fully saturated rings. The van der Waals surface area contributed by atoms with Gasteiger partial charge in [0.25, 0.3) is 5.91 Å². The van der Waals surface area contributed by atoms with Gasteiger partial charge in [-0.1, -0.05) is 74.5 Å². The molecule has 4 rings (SSSR count). The van der Waals surface area contributed by atoms with Crippen molar-refractivity contribution in [3.05, 3.63) is 89.5 Å². The molecule has 244 valence electrons. The third kappa shape index (κ3) is 8.56. The molecule has 4 atom stereocenters. The van der Waals surface area contributed by atoms with Gasteiger partial charge in [0.2, 0.25) is 0 Å². The van der Waals surface area contributed by atoms with E-state index in [2.05, 4.69) is 5.32 Å². The number of nitrogens with one attached hydrogen (secondary N) is 1. The number of hydrogen-bond donors (Lipinski definition) is 1. The molecule has 1 heterocycles. The fraction of sp³-hybridized carbons (Fsp3) is 0.371. The van der Waals surface area contributed by atoms with E-state index in [1.54, 1.807) is 19.9 Å². The Labute approximate surface area is 268 Å². The van der Waals surface area contributed by atoms with Crippen molar-refractivity contribution in [1.82, 2.24) is 5.32 Å². The maximum atomic E-state index is 13.7. The average Bonchev–Trinajstić information content (AvgIpc) is 3.09. The van der Waals surface area contributed by atoms with E-state index >= 15 is 0 Å². The van der Waals surface area contributed by atoms with E-state index in [0.29, 0.717) is 5.75 Å². The van der Waals surface area contributed by atoms with Crippen LogP contribution in [0.15, 0.2) is 72.8 Å². The maximum absolute atomic E-state index is 13.7. The second-order valence-electron chi connectivity index (χ2n) is 11.1. The maximum Gasteiger partial charge on any atom is 0.332 e. The SMILES string of the molecule is COc1cc(OC)c(OCc2ccccc2)c(C(=O)N[C@H]2COC(=O)[C@H](Cc3ccccc3)[C@@H](OC(=O)C(C)C)[C@H](C)OC2=O)c1. The van der Waals surface area contributed by atoms with Gasteiger partial charge in [0.15, 0.2) is 23.6 Å². The summed E-state index contributed by atoms with van der Waals surface area (Å²) in [6.07, 6.45) is -2.02. The van der Waals surface area contributed by atoms with Crippen LogP contribution in [0, 0.1) is 11.8 Å². The molecule has 0 spiro atoms. The summed E-state index contributed by atoms with van der Waals surface area (Å²) in [4.78, 5) is 53.4. The Balaban J connectivity index is 1.61. The van der Waals surface area contributed by atoms with Crippen molar-refractivity contribution in [2.75, 3.05) is 20.8 Å². The van der Waals surface area contributed by atoms with Gasteiger partial charge in [-0.15, -0.1) is 0 Å². The van der Waals surface area contributed by atoms with E-state index in [9.17, 15) is 19.2 Å². The first-order valence-corrected chi connectivity index (χ1v) is 15.0. The van der Waals surface area contributed by atoms with E-state index < -0.39 is 60.5 Å². The van der Waals surface area contributed by atoms with Crippen LogP contribution in [0.2, 0.25) is 0 Å². The predicted octanol–water partition coefficient (Wildman–Crippen LogP) is 4.30. The first kappa shape index (κ1) is 33.8. The summed E-state index contributed by atoms with van der Waals surface area (Å²) in [5.74, 6) is -3.68. The lowest BCUT2D eigenvalue weighted by Gasteiger charge is -2.29. The second kappa shape index (κ2) is 15.8. The molecular weight excluding hydrogens is 594 g/mol. The molecule has 0 saturated carbocycles. The van der Waals surface area contributed by atoms with Crippen molar-refractivity contribution in [2.24, 2.45) is 11.8 Å². The summed E-state index contributed by atoms with van der Waals surface area (Å²) >= 11 is 0. The van der Waals surface area contributed by atoms with Crippen molar-refractivity contribution in [1.29, 1.82) is 0 Å². The topological polar surface area (TPSA) is 136 Å². The number of benzene rings is 3. The highest BCUT2D eigenvalue weighted by Crippen LogP contribution is 2.36. The molecule has 11 heteroatoms. The minimum Gasteiger partial charge on any atom is -0.497 e. The largest absolute Gasteiger partial charge is 0.497 e. The normalized spacial score (nSPS) is 19.9. The predicted molar refractivity (Wildman–Crippen MR) is 166 cm³/mol. The van der Waals surface area contributed by atoms with Crippen LogP contribution in [0.25, 0.3) is 0 Å². The van der Waals surface area contributed by atoms with Crippen molar-refractivity contribution >= 4 is 23.8 Å². The fourth-order valence-corrected chi connectivity index (χ4v) is 4.88. The van der Waals surface area contributed by atoms with Crippen molar-refractivity contribution in [3.8, 4) is 17.2 Å². The van der Waals surface area contributed by atoms with Gasteiger partial charge < -0.3 is 33.7 Å². The Bertz CT molecular complexity index is 1510. The van der Waals surface area contributed by atoms with E-state index in [4.69, 9.17) is 28.4 Å². The molecule has 1 saturated heterocycles. The monoisotopic (exact) mass is 633 g/mol. The molecule has 0 aliphatic carbocycles. The molecule has 1 aliphatic heterocycles.